The molecule has 0 amide bonds. The van der Waals surface area contributed by atoms with Crippen LogP contribution < -0.4 is 9.64 Å². The first-order valence-corrected chi connectivity index (χ1v) is 9.57. The number of hydrogen-bond acceptors (Lipinski definition) is 5. The lowest BCUT2D eigenvalue weighted by Crippen LogP contribution is -2.39. The summed E-state index contributed by atoms with van der Waals surface area (Å²) in [5.41, 5.74) is 0.887. The summed E-state index contributed by atoms with van der Waals surface area (Å²) < 4.78 is 18.7. The lowest BCUT2D eigenvalue weighted by Gasteiger charge is -2.35. The maximum atomic E-state index is 13.8. The molecular formula is C19H24FN3OS. The van der Waals surface area contributed by atoms with E-state index in [0.717, 1.165) is 29.6 Å². The van der Waals surface area contributed by atoms with E-state index in [1.54, 1.807) is 6.07 Å². The van der Waals surface area contributed by atoms with E-state index in [-0.39, 0.29) is 11.6 Å². The SMILES string of the molecule is COc1ccc(CSc2nccc(N3CC(C)CC(C)C3)n2)cc1F. The number of aromatic nitrogens is 2. The molecule has 25 heavy (non-hydrogen) atoms. The van der Waals surface area contributed by atoms with Gasteiger partial charge in [0, 0.05) is 25.0 Å². The van der Waals surface area contributed by atoms with E-state index in [2.05, 4.69) is 23.7 Å². The van der Waals surface area contributed by atoms with Gasteiger partial charge in [-0.2, -0.15) is 0 Å². The largest absolute Gasteiger partial charge is 0.494 e. The zero-order valence-corrected chi connectivity index (χ0v) is 15.7. The van der Waals surface area contributed by atoms with Crippen LogP contribution in [0.25, 0.3) is 0 Å². The van der Waals surface area contributed by atoms with E-state index in [4.69, 9.17) is 9.72 Å². The average Bonchev–Trinajstić information content (AvgIpc) is 2.59. The van der Waals surface area contributed by atoms with Crippen LogP contribution >= 0.6 is 11.8 Å². The minimum absolute atomic E-state index is 0.264. The molecule has 0 saturated carbocycles. The van der Waals surface area contributed by atoms with E-state index in [1.807, 2.05) is 18.3 Å². The molecule has 3 rings (SSSR count). The van der Waals surface area contributed by atoms with E-state index < -0.39 is 0 Å². The molecule has 0 aliphatic carbocycles. The second kappa shape index (κ2) is 8.04. The first-order chi connectivity index (χ1) is 12.0. The molecule has 4 nitrogen and oxygen atoms in total. The topological polar surface area (TPSA) is 38.2 Å². The van der Waals surface area contributed by atoms with Crippen molar-refractivity contribution >= 4 is 17.6 Å². The molecule has 0 N–H and O–H groups in total. The van der Waals surface area contributed by atoms with Gasteiger partial charge in [0.1, 0.15) is 5.82 Å². The van der Waals surface area contributed by atoms with Crippen molar-refractivity contribution in [1.29, 1.82) is 0 Å². The smallest absolute Gasteiger partial charge is 0.189 e. The number of ether oxygens (including phenoxy) is 1. The molecule has 0 bridgehead atoms. The first-order valence-electron chi connectivity index (χ1n) is 8.58. The molecule has 1 aliphatic heterocycles. The molecule has 2 heterocycles. The highest BCUT2D eigenvalue weighted by Crippen LogP contribution is 2.27. The van der Waals surface area contributed by atoms with Gasteiger partial charge >= 0.3 is 0 Å². The molecule has 1 fully saturated rings. The highest BCUT2D eigenvalue weighted by Gasteiger charge is 2.23. The fourth-order valence-electron chi connectivity index (χ4n) is 3.38. The Labute approximate surface area is 152 Å². The van der Waals surface area contributed by atoms with Crippen LogP contribution in [0.2, 0.25) is 0 Å². The third-order valence-corrected chi connectivity index (χ3v) is 5.33. The van der Waals surface area contributed by atoms with Gasteiger partial charge in [0.05, 0.1) is 7.11 Å². The Morgan fingerprint density at radius 2 is 2.00 bits per heavy atom. The Bertz CT molecular complexity index is 718. The highest BCUT2D eigenvalue weighted by molar-refractivity contribution is 7.98. The fourth-order valence-corrected chi connectivity index (χ4v) is 4.14. The normalized spacial score (nSPS) is 20.6. The third-order valence-electron chi connectivity index (χ3n) is 4.40. The first kappa shape index (κ1) is 18.0. The van der Waals surface area contributed by atoms with Crippen LogP contribution in [0.15, 0.2) is 35.6 Å². The summed E-state index contributed by atoms with van der Waals surface area (Å²) in [5.74, 6) is 2.88. The molecule has 1 aromatic heterocycles. The van der Waals surface area contributed by atoms with Crippen molar-refractivity contribution in [2.75, 3.05) is 25.1 Å². The predicted octanol–water partition coefficient (Wildman–Crippen LogP) is 4.40. The van der Waals surface area contributed by atoms with Crippen molar-refractivity contribution in [3.8, 4) is 5.75 Å². The minimum Gasteiger partial charge on any atom is -0.494 e. The van der Waals surface area contributed by atoms with Crippen molar-refractivity contribution in [2.24, 2.45) is 11.8 Å². The van der Waals surface area contributed by atoms with Gasteiger partial charge in [0.15, 0.2) is 16.7 Å². The molecule has 2 atom stereocenters. The van der Waals surface area contributed by atoms with Crippen LogP contribution in [0, 0.1) is 17.7 Å². The van der Waals surface area contributed by atoms with Crippen LogP contribution in [-0.4, -0.2) is 30.2 Å². The Morgan fingerprint density at radius 1 is 1.24 bits per heavy atom. The van der Waals surface area contributed by atoms with Crippen LogP contribution in [-0.2, 0) is 5.75 Å². The van der Waals surface area contributed by atoms with Crippen LogP contribution in [0.4, 0.5) is 10.2 Å². The summed E-state index contributed by atoms with van der Waals surface area (Å²) in [5, 5.41) is 0.722. The Morgan fingerprint density at radius 3 is 2.68 bits per heavy atom. The molecule has 0 spiro atoms. The lowest BCUT2D eigenvalue weighted by atomic mass is 9.92. The summed E-state index contributed by atoms with van der Waals surface area (Å²) in [6.07, 6.45) is 3.08. The maximum Gasteiger partial charge on any atom is 0.189 e. The van der Waals surface area contributed by atoms with E-state index >= 15 is 0 Å². The minimum atomic E-state index is -0.341. The van der Waals surface area contributed by atoms with E-state index in [1.165, 1.54) is 31.4 Å². The van der Waals surface area contributed by atoms with E-state index in [0.29, 0.717) is 17.6 Å². The number of benzene rings is 1. The molecule has 1 aliphatic rings. The number of nitrogens with zero attached hydrogens (tertiary/aromatic N) is 3. The van der Waals surface area contributed by atoms with Crippen LogP contribution in [0.3, 0.4) is 0 Å². The number of piperidine rings is 1. The van der Waals surface area contributed by atoms with Gasteiger partial charge in [-0.3, -0.25) is 0 Å². The molecule has 2 aromatic rings. The third kappa shape index (κ3) is 4.63. The summed E-state index contributed by atoms with van der Waals surface area (Å²) in [6, 6.07) is 7.00. The van der Waals surface area contributed by atoms with Gasteiger partial charge in [0.2, 0.25) is 0 Å². The summed E-state index contributed by atoms with van der Waals surface area (Å²) in [7, 11) is 1.47. The summed E-state index contributed by atoms with van der Waals surface area (Å²) >= 11 is 1.52. The molecule has 6 heteroatoms. The Kier molecular flexibility index (Phi) is 5.78. The van der Waals surface area contributed by atoms with Crippen LogP contribution in [0.1, 0.15) is 25.8 Å². The lowest BCUT2D eigenvalue weighted by molar-refractivity contribution is 0.355. The number of rotatable bonds is 5. The highest BCUT2D eigenvalue weighted by atomic mass is 32.2. The van der Waals surface area contributed by atoms with Gasteiger partial charge < -0.3 is 9.64 Å². The van der Waals surface area contributed by atoms with Crippen molar-refractivity contribution in [2.45, 2.75) is 31.2 Å². The quantitative estimate of drug-likeness (QED) is 0.583. The van der Waals surface area contributed by atoms with Gasteiger partial charge in [-0.1, -0.05) is 31.7 Å². The van der Waals surface area contributed by atoms with Gasteiger partial charge in [-0.25, -0.2) is 14.4 Å². The Hall–Kier alpha value is -1.82. The summed E-state index contributed by atoms with van der Waals surface area (Å²) in [6.45, 7) is 6.65. The van der Waals surface area contributed by atoms with Crippen molar-refractivity contribution in [1.82, 2.24) is 9.97 Å². The monoisotopic (exact) mass is 361 g/mol. The standard InChI is InChI=1S/C19H24FN3OS/c1-13-8-14(2)11-23(10-13)18-6-7-21-19(22-18)25-12-15-4-5-17(24-3)16(20)9-15/h4-7,9,13-14H,8,10-12H2,1-3H3. The van der Waals surface area contributed by atoms with E-state index in [9.17, 15) is 4.39 Å². The second-order valence-corrected chi connectivity index (χ2v) is 7.75. The second-order valence-electron chi connectivity index (χ2n) is 6.81. The number of methoxy groups -OCH3 is 1. The fraction of sp³-hybridized carbons (Fsp3) is 0.474. The van der Waals surface area contributed by atoms with Gasteiger partial charge in [-0.15, -0.1) is 0 Å². The van der Waals surface area contributed by atoms with Gasteiger partial charge in [0.25, 0.3) is 0 Å². The number of halogens is 1. The zero-order valence-electron chi connectivity index (χ0n) is 14.9. The molecule has 2 unspecified atom stereocenters. The van der Waals surface area contributed by atoms with Crippen LogP contribution in [0.5, 0.6) is 5.75 Å². The predicted molar refractivity (Wildman–Crippen MR) is 99.7 cm³/mol. The molecule has 134 valence electrons. The van der Waals surface area contributed by atoms with Gasteiger partial charge in [-0.05, 0) is 42.0 Å². The van der Waals surface area contributed by atoms with Crippen molar-refractivity contribution < 1.29 is 9.13 Å². The number of thioether (sulfide) groups is 1. The average molecular weight is 361 g/mol. The molecule has 0 radical (unpaired) electrons. The van der Waals surface area contributed by atoms with Crippen molar-refractivity contribution in [3.05, 3.63) is 41.8 Å². The molecule has 1 saturated heterocycles. The molecular weight excluding hydrogens is 337 g/mol. The zero-order chi connectivity index (χ0) is 17.8. The number of hydrogen-bond donors (Lipinski definition) is 0. The van der Waals surface area contributed by atoms with Crippen molar-refractivity contribution in [3.63, 3.8) is 0 Å². The Balaban J connectivity index is 1.66. The number of anilines is 1. The maximum absolute atomic E-state index is 13.8. The molecule has 1 aromatic carbocycles. The summed E-state index contributed by atoms with van der Waals surface area (Å²) in [4.78, 5) is 11.4.